The summed E-state index contributed by atoms with van der Waals surface area (Å²) in [6.07, 6.45) is 9.66. The number of likely N-dealkylation sites (tertiary alicyclic amines) is 1. The molecule has 2 aliphatic heterocycles. The van der Waals surface area contributed by atoms with Crippen LogP contribution in [-0.2, 0) is 23.1 Å². The second kappa shape index (κ2) is 6.73. The topological polar surface area (TPSA) is 39.5 Å². The number of hydrogen-bond acceptors (Lipinski definition) is 4. The van der Waals surface area contributed by atoms with Crippen molar-refractivity contribution in [1.29, 1.82) is 0 Å². The first-order valence-corrected chi connectivity index (χ1v) is 7.82. The van der Waals surface area contributed by atoms with E-state index >= 15 is 0 Å². The van der Waals surface area contributed by atoms with Gasteiger partial charge in [0.1, 0.15) is 5.82 Å². The molecule has 1 aromatic heterocycles. The number of fused-ring (bicyclic) bond motifs is 1. The van der Waals surface area contributed by atoms with Crippen LogP contribution in [0.2, 0.25) is 0 Å². The largest absolute Gasteiger partial charge is 0.375 e. The molecule has 3 rings (SSSR count). The average molecular weight is 291 g/mol. The van der Waals surface area contributed by atoms with Crippen molar-refractivity contribution in [3.8, 4) is 0 Å². The summed E-state index contributed by atoms with van der Waals surface area (Å²) in [5.41, 5.74) is 0. The van der Waals surface area contributed by atoms with Crippen molar-refractivity contribution in [2.24, 2.45) is 7.05 Å². The molecule has 3 atom stereocenters. The maximum absolute atomic E-state index is 6.21. The molecule has 1 aromatic rings. The minimum atomic E-state index is 0.249. The van der Waals surface area contributed by atoms with Crippen LogP contribution in [0.3, 0.4) is 0 Å². The van der Waals surface area contributed by atoms with Gasteiger partial charge in [-0.05, 0) is 19.3 Å². The molecule has 0 spiro atoms. The maximum Gasteiger partial charge on any atom is 0.122 e. The zero-order valence-corrected chi connectivity index (χ0v) is 12.8. The monoisotopic (exact) mass is 291 g/mol. The van der Waals surface area contributed by atoms with Gasteiger partial charge in [0.15, 0.2) is 0 Å². The van der Waals surface area contributed by atoms with Gasteiger partial charge in [-0.3, -0.25) is 4.90 Å². The summed E-state index contributed by atoms with van der Waals surface area (Å²) in [4.78, 5) is 6.95. The number of hydrogen-bond donors (Lipinski definition) is 0. The minimum absolute atomic E-state index is 0.249. The molecular formula is C16H25N3O2. The lowest BCUT2D eigenvalue weighted by Gasteiger charge is -2.35. The lowest BCUT2D eigenvalue weighted by atomic mass is 9.99. The SMILES string of the molecule is C=CCOC[C@@H]1CC[C@H]2[C@H](CCN2Cc2nccn2C)O1. The molecule has 0 N–H and O–H groups in total. The van der Waals surface area contributed by atoms with Gasteiger partial charge in [-0.25, -0.2) is 4.98 Å². The van der Waals surface area contributed by atoms with Gasteiger partial charge >= 0.3 is 0 Å². The van der Waals surface area contributed by atoms with Gasteiger partial charge in [0.25, 0.3) is 0 Å². The normalized spacial score (nSPS) is 29.5. The Hall–Kier alpha value is -1.17. The smallest absolute Gasteiger partial charge is 0.122 e. The fraction of sp³-hybridized carbons (Fsp3) is 0.688. The number of aryl methyl sites for hydroxylation is 1. The van der Waals surface area contributed by atoms with E-state index in [-0.39, 0.29) is 6.10 Å². The fourth-order valence-electron chi connectivity index (χ4n) is 3.42. The van der Waals surface area contributed by atoms with E-state index in [2.05, 4.69) is 28.1 Å². The Bertz CT molecular complexity index is 474. The summed E-state index contributed by atoms with van der Waals surface area (Å²) in [6.45, 7) is 6.99. The highest BCUT2D eigenvalue weighted by Crippen LogP contribution is 2.32. The van der Waals surface area contributed by atoms with E-state index in [4.69, 9.17) is 9.47 Å². The van der Waals surface area contributed by atoms with Crippen LogP contribution < -0.4 is 0 Å². The zero-order valence-electron chi connectivity index (χ0n) is 12.8. The summed E-state index contributed by atoms with van der Waals surface area (Å²) in [5, 5.41) is 0. The van der Waals surface area contributed by atoms with Crippen LogP contribution in [0.4, 0.5) is 0 Å². The number of ether oxygens (including phenoxy) is 2. The van der Waals surface area contributed by atoms with Gasteiger partial charge in [-0.15, -0.1) is 6.58 Å². The van der Waals surface area contributed by atoms with Crippen LogP contribution in [0.15, 0.2) is 25.0 Å². The standard InChI is InChI=1S/C16H25N3O2/c1-3-10-20-12-13-4-5-14-15(21-13)6-8-19(14)11-16-17-7-9-18(16)2/h3,7,9,13-15H,1,4-6,8,10-12H2,2H3/t13-,14-,15-/m0/s1. The molecule has 0 saturated carbocycles. The van der Waals surface area contributed by atoms with Gasteiger partial charge in [0.2, 0.25) is 0 Å². The van der Waals surface area contributed by atoms with E-state index in [0.29, 0.717) is 25.4 Å². The molecule has 116 valence electrons. The molecule has 2 aliphatic rings. The van der Waals surface area contributed by atoms with Crippen molar-refractivity contribution in [2.75, 3.05) is 19.8 Å². The summed E-state index contributed by atoms with van der Waals surface area (Å²) in [7, 11) is 2.06. The highest BCUT2D eigenvalue weighted by molar-refractivity contribution is 4.97. The first-order chi connectivity index (χ1) is 10.3. The number of nitrogens with zero attached hydrogens (tertiary/aromatic N) is 3. The highest BCUT2D eigenvalue weighted by Gasteiger charge is 2.39. The highest BCUT2D eigenvalue weighted by atomic mass is 16.5. The van der Waals surface area contributed by atoms with Crippen molar-refractivity contribution in [3.63, 3.8) is 0 Å². The van der Waals surface area contributed by atoms with Crippen molar-refractivity contribution < 1.29 is 9.47 Å². The molecule has 5 nitrogen and oxygen atoms in total. The third-order valence-corrected chi connectivity index (χ3v) is 4.56. The van der Waals surface area contributed by atoms with E-state index in [1.54, 1.807) is 6.08 Å². The van der Waals surface area contributed by atoms with E-state index in [1.807, 2.05) is 12.4 Å². The Labute approximate surface area is 126 Å². The first-order valence-electron chi connectivity index (χ1n) is 7.82. The molecule has 5 heteroatoms. The molecule has 3 heterocycles. The molecule has 2 saturated heterocycles. The van der Waals surface area contributed by atoms with Gasteiger partial charge in [-0.1, -0.05) is 6.08 Å². The van der Waals surface area contributed by atoms with Crippen LogP contribution in [0.5, 0.6) is 0 Å². The van der Waals surface area contributed by atoms with Crippen molar-refractivity contribution in [2.45, 2.75) is 44.1 Å². The van der Waals surface area contributed by atoms with Crippen LogP contribution in [-0.4, -0.2) is 52.5 Å². The number of rotatable bonds is 6. The van der Waals surface area contributed by atoms with Crippen molar-refractivity contribution in [3.05, 3.63) is 30.9 Å². The lowest BCUT2D eigenvalue weighted by Crippen LogP contribution is -2.43. The van der Waals surface area contributed by atoms with E-state index in [9.17, 15) is 0 Å². The Morgan fingerprint density at radius 1 is 1.48 bits per heavy atom. The average Bonchev–Trinajstić information content (AvgIpc) is 3.07. The van der Waals surface area contributed by atoms with Crippen LogP contribution in [0, 0.1) is 0 Å². The Morgan fingerprint density at radius 3 is 3.14 bits per heavy atom. The Balaban J connectivity index is 1.52. The fourth-order valence-corrected chi connectivity index (χ4v) is 3.42. The Morgan fingerprint density at radius 2 is 2.38 bits per heavy atom. The maximum atomic E-state index is 6.21. The van der Waals surface area contributed by atoms with Crippen molar-refractivity contribution in [1.82, 2.24) is 14.5 Å². The second-order valence-electron chi connectivity index (χ2n) is 5.98. The molecule has 0 unspecified atom stereocenters. The summed E-state index contributed by atoms with van der Waals surface area (Å²) >= 11 is 0. The minimum Gasteiger partial charge on any atom is -0.375 e. The van der Waals surface area contributed by atoms with E-state index < -0.39 is 0 Å². The zero-order chi connectivity index (χ0) is 14.7. The van der Waals surface area contributed by atoms with Crippen LogP contribution >= 0.6 is 0 Å². The quantitative estimate of drug-likeness (QED) is 0.591. The molecular weight excluding hydrogens is 266 g/mol. The van der Waals surface area contributed by atoms with Crippen LogP contribution in [0.25, 0.3) is 0 Å². The molecule has 2 fully saturated rings. The van der Waals surface area contributed by atoms with E-state index in [0.717, 1.165) is 31.8 Å². The third-order valence-electron chi connectivity index (χ3n) is 4.56. The summed E-state index contributed by atoms with van der Waals surface area (Å²) < 4.78 is 13.8. The predicted molar refractivity (Wildman–Crippen MR) is 80.9 cm³/mol. The molecule has 0 aliphatic carbocycles. The number of imidazole rings is 1. The van der Waals surface area contributed by atoms with Gasteiger partial charge in [0, 0.05) is 32.0 Å². The lowest BCUT2D eigenvalue weighted by molar-refractivity contribution is -0.0973. The first kappa shape index (κ1) is 14.8. The predicted octanol–water partition coefficient (Wildman–Crippen LogP) is 1.74. The third kappa shape index (κ3) is 3.36. The summed E-state index contributed by atoms with van der Waals surface area (Å²) in [5.74, 6) is 1.13. The van der Waals surface area contributed by atoms with E-state index in [1.165, 1.54) is 6.42 Å². The second-order valence-corrected chi connectivity index (χ2v) is 5.98. The van der Waals surface area contributed by atoms with Crippen molar-refractivity contribution >= 4 is 0 Å². The molecule has 0 bridgehead atoms. The molecule has 0 amide bonds. The van der Waals surface area contributed by atoms with Gasteiger partial charge in [-0.2, -0.15) is 0 Å². The van der Waals surface area contributed by atoms with Gasteiger partial charge in [0.05, 0.1) is 32.0 Å². The van der Waals surface area contributed by atoms with Crippen LogP contribution in [0.1, 0.15) is 25.1 Å². The summed E-state index contributed by atoms with van der Waals surface area (Å²) in [6, 6.07) is 0.539. The van der Waals surface area contributed by atoms with Gasteiger partial charge < -0.3 is 14.0 Å². The number of aromatic nitrogens is 2. The molecule has 0 aromatic carbocycles. The molecule has 21 heavy (non-hydrogen) atoms. The molecule has 0 radical (unpaired) electrons. The Kier molecular flexibility index (Phi) is 4.73.